The largest absolute Gasteiger partial charge is 0.324 e. The summed E-state index contributed by atoms with van der Waals surface area (Å²) in [5, 5.41) is 12.3. The van der Waals surface area contributed by atoms with Crippen molar-refractivity contribution in [2.45, 2.75) is 25.5 Å². The fourth-order valence-electron chi connectivity index (χ4n) is 2.59. The van der Waals surface area contributed by atoms with Crippen LogP contribution in [0.3, 0.4) is 0 Å². The number of carbonyl (C=O) groups excluding carboxylic acids is 1. The van der Waals surface area contributed by atoms with Crippen molar-refractivity contribution in [1.29, 1.82) is 0 Å². The van der Waals surface area contributed by atoms with E-state index >= 15 is 0 Å². The second-order valence-electron chi connectivity index (χ2n) is 5.88. The van der Waals surface area contributed by atoms with Crippen LogP contribution in [0, 0.1) is 6.92 Å². The van der Waals surface area contributed by atoms with Crippen LogP contribution in [0.5, 0.6) is 0 Å². The van der Waals surface area contributed by atoms with Crippen LogP contribution in [0.25, 0.3) is 11.4 Å². The lowest BCUT2D eigenvalue weighted by molar-refractivity contribution is -0.113. The van der Waals surface area contributed by atoms with Gasteiger partial charge in [0.05, 0.1) is 11.4 Å². The Kier molecular flexibility index (Phi) is 6.73. The van der Waals surface area contributed by atoms with Gasteiger partial charge in [-0.05, 0) is 54.0 Å². The zero-order chi connectivity index (χ0) is 19.4. The zero-order valence-corrected chi connectivity index (χ0v) is 18.9. The van der Waals surface area contributed by atoms with Crippen LogP contribution in [0.1, 0.15) is 12.5 Å². The first kappa shape index (κ1) is 20.1. The number of carbonyl (C=O) groups is 1. The van der Waals surface area contributed by atoms with Gasteiger partial charge in [0.25, 0.3) is 0 Å². The van der Waals surface area contributed by atoms with E-state index in [9.17, 15) is 4.79 Å². The van der Waals surface area contributed by atoms with Crippen LogP contribution in [0.4, 0.5) is 5.69 Å². The summed E-state index contributed by atoms with van der Waals surface area (Å²) in [6.07, 6.45) is 0. The molecular formula is C19H18Br2N4OS. The maximum absolute atomic E-state index is 12.3. The molecule has 0 radical (unpaired) electrons. The highest BCUT2D eigenvalue weighted by molar-refractivity contribution is 9.11. The Morgan fingerprint density at radius 2 is 2.00 bits per heavy atom. The number of rotatable bonds is 6. The Hall–Kier alpha value is -1.64. The average molecular weight is 510 g/mol. The molecule has 2 aromatic carbocycles. The molecule has 0 unspecified atom stereocenters. The first-order chi connectivity index (χ1) is 13.0. The number of thioether (sulfide) groups is 1. The molecule has 1 amide bonds. The summed E-state index contributed by atoms with van der Waals surface area (Å²) in [6, 6.07) is 13.8. The minimum atomic E-state index is -0.0958. The van der Waals surface area contributed by atoms with E-state index in [0.717, 1.165) is 37.7 Å². The van der Waals surface area contributed by atoms with Crippen LogP contribution in [-0.2, 0) is 11.3 Å². The van der Waals surface area contributed by atoms with Crippen molar-refractivity contribution < 1.29 is 4.79 Å². The van der Waals surface area contributed by atoms with Gasteiger partial charge in [0.15, 0.2) is 11.0 Å². The van der Waals surface area contributed by atoms with Crippen LogP contribution in [0.15, 0.2) is 56.6 Å². The molecule has 5 nitrogen and oxygen atoms in total. The Labute approximate surface area is 179 Å². The Balaban J connectivity index is 1.71. The van der Waals surface area contributed by atoms with Crippen molar-refractivity contribution in [3.63, 3.8) is 0 Å². The third-order valence-corrected chi connectivity index (χ3v) is 6.00. The highest BCUT2D eigenvalue weighted by atomic mass is 79.9. The van der Waals surface area contributed by atoms with Crippen LogP contribution < -0.4 is 5.32 Å². The normalized spacial score (nSPS) is 10.8. The predicted molar refractivity (Wildman–Crippen MR) is 117 cm³/mol. The van der Waals surface area contributed by atoms with E-state index in [2.05, 4.69) is 66.4 Å². The first-order valence-electron chi connectivity index (χ1n) is 8.36. The molecule has 0 bridgehead atoms. The van der Waals surface area contributed by atoms with E-state index in [-0.39, 0.29) is 11.7 Å². The molecule has 3 rings (SSSR count). The topological polar surface area (TPSA) is 59.8 Å². The van der Waals surface area contributed by atoms with E-state index in [0.29, 0.717) is 0 Å². The predicted octanol–water partition coefficient (Wildman–Crippen LogP) is 5.53. The number of halogens is 2. The van der Waals surface area contributed by atoms with Crippen molar-refractivity contribution in [3.8, 4) is 11.4 Å². The molecule has 27 heavy (non-hydrogen) atoms. The molecule has 0 saturated heterocycles. The molecule has 0 aliphatic heterocycles. The number of hydrogen-bond donors (Lipinski definition) is 1. The molecule has 0 aliphatic carbocycles. The van der Waals surface area contributed by atoms with E-state index < -0.39 is 0 Å². The molecule has 1 heterocycles. The summed E-state index contributed by atoms with van der Waals surface area (Å²) >= 11 is 8.23. The number of anilines is 1. The van der Waals surface area contributed by atoms with Gasteiger partial charge in [-0.15, -0.1) is 10.2 Å². The fourth-order valence-corrected chi connectivity index (χ4v) is 4.10. The Morgan fingerprint density at radius 3 is 2.74 bits per heavy atom. The molecule has 8 heteroatoms. The van der Waals surface area contributed by atoms with Gasteiger partial charge in [0, 0.05) is 21.1 Å². The van der Waals surface area contributed by atoms with Crippen molar-refractivity contribution in [1.82, 2.24) is 14.8 Å². The van der Waals surface area contributed by atoms with Gasteiger partial charge in [-0.25, -0.2) is 0 Å². The molecular weight excluding hydrogens is 492 g/mol. The molecule has 1 aromatic heterocycles. The Morgan fingerprint density at radius 1 is 1.19 bits per heavy atom. The van der Waals surface area contributed by atoms with Gasteiger partial charge in [0.1, 0.15) is 0 Å². The van der Waals surface area contributed by atoms with E-state index in [1.165, 1.54) is 17.3 Å². The summed E-state index contributed by atoms with van der Waals surface area (Å²) < 4.78 is 3.77. The second-order valence-corrected chi connectivity index (χ2v) is 8.59. The van der Waals surface area contributed by atoms with Crippen LogP contribution in [-0.4, -0.2) is 26.4 Å². The molecule has 0 fully saturated rings. The number of hydrogen-bond acceptors (Lipinski definition) is 4. The molecule has 0 spiro atoms. The van der Waals surface area contributed by atoms with E-state index in [4.69, 9.17) is 0 Å². The molecule has 0 aliphatic rings. The van der Waals surface area contributed by atoms with Gasteiger partial charge in [0.2, 0.25) is 5.91 Å². The van der Waals surface area contributed by atoms with Gasteiger partial charge in [-0.1, -0.05) is 51.5 Å². The van der Waals surface area contributed by atoms with Gasteiger partial charge in [-0.2, -0.15) is 0 Å². The molecule has 0 atom stereocenters. The number of aryl methyl sites for hydroxylation is 1. The molecule has 3 aromatic rings. The van der Waals surface area contributed by atoms with E-state index in [1.807, 2.05) is 41.8 Å². The molecule has 0 saturated carbocycles. The summed E-state index contributed by atoms with van der Waals surface area (Å²) in [4.78, 5) is 12.3. The quantitative estimate of drug-likeness (QED) is 0.444. The second kappa shape index (κ2) is 9.03. The number of benzene rings is 2. The maximum atomic E-state index is 12.3. The zero-order valence-electron chi connectivity index (χ0n) is 14.9. The smallest absolute Gasteiger partial charge is 0.234 e. The summed E-state index contributed by atoms with van der Waals surface area (Å²) in [5.41, 5.74) is 2.93. The lowest BCUT2D eigenvalue weighted by Crippen LogP contribution is -2.15. The fraction of sp³-hybridized carbons (Fsp3) is 0.211. The van der Waals surface area contributed by atoms with E-state index in [1.54, 1.807) is 0 Å². The van der Waals surface area contributed by atoms with Crippen molar-refractivity contribution in [2.75, 3.05) is 11.1 Å². The minimum Gasteiger partial charge on any atom is -0.324 e. The van der Waals surface area contributed by atoms with Gasteiger partial charge < -0.3 is 9.88 Å². The molecule has 1 N–H and O–H groups in total. The number of aromatic nitrogens is 3. The SMILES string of the molecule is CCn1c(SCC(=O)Nc2cc(Br)ccc2Br)nnc1-c1cccc(C)c1. The van der Waals surface area contributed by atoms with Crippen LogP contribution >= 0.6 is 43.6 Å². The number of amides is 1. The van der Waals surface area contributed by atoms with Crippen molar-refractivity contribution in [2.24, 2.45) is 0 Å². The first-order valence-corrected chi connectivity index (χ1v) is 10.9. The highest BCUT2D eigenvalue weighted by Crippen LogP contribution is 2.27. The molecule has 140 valence electrons. The maximum Gasteiger partial charge on any atom is 0.234 e. The van der Waals surface area contributed by atoms with Gasteiger partial charge >= 0.3 is 0 Å². The monoisotopic (exact) mass is 508 g/mol. The van der Waals surface area contributed by atoms with Crippen molar-refractivity contribution >= 4 is 55.2 Å². The minimum absolute atomic E-state index is 0.0958. The lowest BCUT2D eigenvalue weighted by atomic mass is 10.1. The standard InChI is InChI=1S/C19H18Br2N4OS/c1-3-25-18(13-6-4-5-12(2)9-13)23-24-19(25)27-11-17(26)22-16-10-14(20)7-8-15(16)21/h4-10H,3,11H2,1-2H3,(H,22,26). The third kappa shape index (κ3) is 5.00. The highest BCUT2D eigenvalue weighted by Gasteiger charge is 2.15. The number of nitrogens with one attached hydrogen (secondary N) is 1. The Bertz CT molecular complexity index is 974. The summed E-state index contributed by atoms with van der Waals surface area (Å²) in [5.74, 6) is 0.977. The number of nitrogens with zero attached hydrogens (tertiary/aromatic N) is 3. The van der Waals surface area contributed by atoms with Gasteiger partial charge in [-0.3, -0.25) is 4.79 Å². The summed E-state index contributed by atoms with van der Waals surface area (Å²) in [7, 11) is 0. The summed E-state index contributed by atoms with van der Waals surface area (Å²) in [6.45, 7) is 4.83. The van der Waals surface area contributed by atoms with Crippen LogP contribution in [0.2, 0.25) is 0 Å². The third-order valence-electron chi connectivity index (χ3n) is 3.84. The lowest BCUT2D eigenvalue weighted by Gasteiger charge is -2.09. The average Bonchev–Trinajstić information content (AvgIpc) is 3.06. The van der Waals surface area contributed by atoms with Crippen molar-refractivity contribution in [3.05, 3.63) is 57.0 Å².